The molecule has 186 valence electrons. The molecule has 0 saturated carbocycles. The van der Waals surface area contributed by atoms with Crippen LogP contribution in [0.2, 0.25) is 0 Å². The number of rotatable bonds is 4. The summed E-state index contributed by atoms with van der Waals surface area (Å²) in [6, 6.07) is 17.7. The largest absolute Gasteiger partial charge is 0.573 e. The Morgan fingerprint density at radius 2 is 1.83 bits per heavy atom. The summed E-state index contributed by atoms with van der Waals surface area (Å²) in [4.78, 5) is 26.1. The van der Waals surface area contributed by atoms with Gasteiger partial charge in [0.1, 0.15) is 28.3 Å². The lowest BCUT2D eigenvalue weighted by atomic mass is 9.81. The number of carboxylic acid groups (broad SMARTS) is 1. The zero-order chi connectivity index (χ0) is 25.8. The van der Waals surface area contributed by atoms with Crippen molar-refractivity contribution in [2.24, 2.45) is 0 Å². The minimum atomic E-state index is -4.80. The predicted octanol–water partition coefficient (Wildman–Crippen LogP) is 4.88. The Labute approximate surface area is 202 Å². The summed E-state index contributed by atoms with van der Waals surface area (Å²) >= 11 is 0. The zero-order valence-electron chi connectivity index (χ0n) is 18.5. The molecule has 0 radical (unpaired) electrons. The van der Waals surface area contributed by atoms with Crippen LogP contribution in [0.1, 0.15) is 28.2 Å². The fourth-order valence-corrected chi connectivity index (χ4v) is 4.03. The SMILES string of the molecule is O=C(NC1(c2ccc(OC(F)(F)F)cc2)CCOc2cccnc21)c1cc2ccccc2o1.O=CO. The molecule has 0 fully saturated rings. The number of nitrogens with one attached hydrogen (secondary N) is 1. The second kappa shape index (κ2) is 9.98. The number of para-hydroxylation sites is 1. The summed E-state index contributed by atoms with van der Waals surface area (Å²) in [5.74, 6) is -0.264. The van der Waals surface area contributed by atoms with Crippen LogP contribution in [0, 0.1) is 0 Å². The van der Waals surface area contributed by atoms with Crippen molar-refractivity contribution in [1.29, 1.82) is 0 Å². The van der Waals surface area contributed by atoms with Crippen molar-refractivity contribution in [3.05, 3.63) is 89.9 Å². The molecule has 1 aliphatic heterocycles. The number of hydrogen-bond donors (Lipinski definition) is 2. The van der Waals surface area contributed by atoms with E-state index >= 15 is 0 Å². The van der Waals surface area contributed by atoms with E-state index in [1.54, 1.807) is 36.5 Å². The number of carbonyl (C=O) groups excluding carboxylic acids is 1. The number of hydrogen-bond acceptors (Lipinski definition) is 6. The lowest BCUT2D eigenvalue weighted by Gasteiger charge is -2.38. The van der Waals surface area contributed by atoms with Crippen LogP contribution in [-0.2, 0) is 10.3 Å². The summed E-state index contributed by atoms with van der Waals surface area (Å²) < 4.78 is 53.2. The molecule has 0 spiro atoms. The van der Waals surface area contributed by atoms with Gasteiger partial charge in [-0.1, -0.05) is 30.3 Å². The number of carbonyl (C=O) groups is 2. The van der Waals surface area contributed by atoms with Crippen LogP contribution in [0.25, 0.3) is 11.0 Å². The Balaban J connectivity index is 0.000000967. The second-order valence-electron chi connectivity index (χ2n) is 7.63. The number of halogens is 3. The van der Waals surface area contributed by atoms with Crippen molar-refractivity contribution in [3.8, 4) is 11.5 Å². The molecule has 3 heterocycles. The quantitative estimate of drug-likeness (QED) is 0.384. The first kappa shape index (κ1) is 24.6. The molecular formula is C25H19F3N2O6. The van der Waals surface area contributed by atoms with E-state index in [1.807, 2.05) is 12.1 Å². The monoisotopic (exact) mass is 500 g/mol. The fourth-order valence-electron chi connectivity index (χ4n) is 4.03. The lowest BCUT2D eigenvalue weighted by Crippen LogP contribution is -2.50. The van der Waals surface area contributed by atoms with Crippen LogP contribution < -0.4 is 14.8 Å². The summed E-state index contributed by atoms with van der Waals surface area (Å²) in [5, 5.41) is 10.7. The van der Waals surface area contributed by atoms with Gasteiger partial charge in [-0.3, -0.25) is 14.6 Å². The van der Waals surface area contributed by atoms with Gasteiger partial charge < -0.3 is 24.3 Å². The number of furan rings is 1. The van der Waals surface area contributed by atoms with E-state index in [4.69, 9.17) is 19.1 Å². The number of alkyl halides is 3. The molecule has 1 aliphatic rings. The molecule has 5 rings (SSSR count). The molecule has 1 unspecified atom stereocenters. The van der Waals surface area contributed by atoms with E-state index in [2.05, 4.69) is 15.0 Å². The highest BCUT2D eigenvalue weighted by atomic mass is 19.4. The average molecular weight is 500 g/mol. The summed E-state index contributed by atoms with van der Waals surface area (Å²) in [6.07, 6.45) is -2.93. The van der Waals surface area contributed by atoms with Gasteiger partial charge in [-0.25, -0.2) is 0 Å². The van der Waals surface area contributed by atoms with Gasteiger partial charge in [0.2, 0.25) is 0 Å². The molecule has 0 aliphatic carbocycles. The van der Waals surface area contributed by atoms with Crippen molar-refractivity contribution >= 4 is 23.3 Å². The van der Waals surface area contributed by atoms with E-state index in [0.717, 1.165) is 5.39 Å². The highest BCUT2D eigenvalue weighted by Gasteiger charge is 2.43. The van der Waals surface area contributed by atoms with Crippen molar-refractivity contribution in [2.75, 3.05) is 6.61 Å². The summed E-state index contributed by atoms with van der Waals surface area (Å²) in [6.45, 7) is 0.0138. The van der Waals surface area contributed by atoms with Crippen LogP contribution >= 0.6 is 0 Å². The molecule has 2 aromatic carbocycles. The molecule has 36 heavy (non-hydrogen) atoms. The molecule has 8 nitrogen and oxygen atoms in total. The van der Waals surface area contributed by atoms with Crippen LogP contribution in [0.15, 0.2) is 77.3 Å². The molecule has 1 atom stereocenters. The van der Waals surface area contributed by atoms with Gasteiger partial charge in [-0.05, 0) is 42.0 Å². The minimum absolute atomic E-state index is 0.108. The molecule has 2 N–H and O–H groups in total. The molecule has 0 bridgehead atoms. The van der Waals surface area contributed by atoms with Gasteiger partial charge in [-0.2, -0.15) is 0 Å². The molecular weight excluding hydrogens is 481 g/mol. The number of benzene rings is 2. The van der Waals surface area contributed by atoms with E-state index < -0.39 is 17.8 Å². The normalized spacial score (nSPS) is 16.6. The first-order valence-electron chi connectivity index (χ1n) is 10.6. The van der Waals surface area contributed by atoms with Crippen LogP contribution in [0.4, 0.5) is 13.2 Å². The number of ether oxygens (including phenoxy) is 2. The number of aromatic nitrogens is 1. The Bertz CT molecular complexity index is 1340. The van der Waals surface area contributed by atoms with Crippen LogP contribution in [0.3, 0.4) is 0 Å². The number of fused-ring (bicyclic) bond motifs is 2. The van der Waals surface area contributed by atoms with E-state index in [9.17, 15) is 18.0 Å². The third-order valence-corrected chi connectivity index (χ3v) is 5.47. The maximum atomic E-state index is 13.3. The van der Waals surface area contributed by atoms with Crippen molar-refractivity contribution in [1.82, 2.24) is 10.3 Å². The first-order chi connectivity index (χ1) is 17.3. The average Bonchev–Trinajstić information content (AvgIpc) is 3.29. The maximum Gasteiger partial charge on any atom is 0.573 e. The second-order valence-corrected chi connectivity index (χ2v) is 7.63. The van der Waals surface area contributed by atoms with Crippen LogP contribution in [-0.4, -0.2) is 35.4 Å². The Hall–Kier alpha value is -4.54. The third-order valence-electron chi connectivity index (χ3n) is 5.47. The van der Waals surface area contributed by atoms with Gasteiger partial charge in [0.15, 0.2) is 5.76 Å². The van der Waals surface area contributed by atoms with Crippen molar-refractivity contribution < 1.29 is 41.8 Å². The molecule has 0 saturated heterocycles. The van der Waals surface area contributed by atoms with E-state index in [1.165, 1.54) is 24.3 Å². The molecule has 1 amide bonds. The van der Waals surface area contributed by atoms with Gasteiger partial charge in [0.05, 0.1) is 6.61 Å². The van der Waals surface area contributed by atoms with Crippen molar-refractivity contribution in [2.45, 2.75) is 18.3 Å². The molecule has 2 aromatic heterocycles. The van der Waals surface area contributed by atoms with Gasteiger partial charge in [0.25, 0.3) is 12.4 Å². The number of amides is 1. The highest BCUT2D eigenvalue weighted by molar-refractivity contribution is 5.96. The highest BCUT2D eigenvalue weighted by Crippen LogP contribution is 2.41. The standard InChI is InChI=1S/C24H17F3N2O4.CH2O2/c25-24(26,27)33-17-9-7-16(8-10-17)23(11-13-31-19-6-3-12-28-21(19)23)29-22(30)20-14-15-4-1-2-5-18(15)32-20;2-1-3/h1-10,12,14H,11,13H2,(H,29,30);1H,(H,2,3). The van der Waals surface area contributed by atoms with Gasteiger partial charge in [0, 0.05) is 18.0 Å². The number of pyridine rings is 1. The maximum absolute atomic E-state index is 13.3. The third kappa shape index (κ3) is 5.09. The minimum Gasteiger partial charge on any atom is -0.491 e. The Kier molecular flexibility index (Phi) is 6.82. The lowest BCUT2D eigenvalue weighted by molar-refractivity contribution is -0.274. The summed E-state index contributed by atoms with van der Waals surface area (Å²) in [5.41, 5.74) is 0.396. The smallest absolute Gasteiger partial charge is 0.491 e. The zero-order valence-corrected chi connectivity index (χ0v) is 18.5. The van der Waals surface area contributed by atoms with Crippen molar-refractivity contribution in [3.63, 3.8) is 0 Å². The van der Waals surface area contributed by atoms with Crippen LogP contribution in [0.5, 0.6) is 11.5 Å². The van der Waals surface area contributed by atoms with E-state index in [-0.39, 0.29) is 24.6 Å². The van der Waals surface area contributed by atoms with Gasteiger partial charge in [-0.15, -0.1) is 13.2 Å². The predicted molar refractivity (Wildman–Crippen MR) is 121 cm³/mol. The molecule has 4 aromatic rings. The van der Waals surface area contributed by atoms with E-state index in [0.29, 0.717) is 29.0 Å². The van der Waals surface area contributed by atoms with Gasteiger partial charge >= 0.3 is 6.36 Å². The Morgan fingerprint density at radius 1 is 1.11 bits per heavy atom. The Morgan fingerprint density at radius 3 is 2.53 bits per heavy atom. The first-order valence-corrected chi connectivity index (χ1v) is 10.6. The number of nitrogens with zero attached hydrogens (tertiary/aromatic N) is 1. The summed E-state index contributed by atoms with van der Waals surface area (Å²) in [7, 11) is 0. The fraction of sp³-hybridized carbons (Fsp3) is 0.160. The molecule has 11 heteroatoms. The topological polar surface area (TPSA) is 111 Å².